The highest BCUT2D eigenvalue weighted by molar-refractivity contribution is 8.15. The summed E-state index contributed by atoms with van der Waals surface area (Å²) in [5.41, 5.74) is -1.12. The van der Waals surface area contributed by atoms with Crippen LogP contribution in [0.3, 0.4) is 0 Å². The first-order valence-corrected chi connectivity index (χ1v) is 9.24. The summed E-state index contributed by atoms with van der Waals surface area (Å²) in [6, 6.07) is 6.48. The second-order valence-corrected chi connectivity index (χ2v) is 6.79. The van der Waals surface area contributed by atoms with Crippen LogP contribution in [0.1, 0.15) is 12.5 Å². The van der Waals surface area contributed by atoms with E-state index in [-0.39, 0.29) is 23.0 Å². The number of carbonyl (C=O) groups is 1. The van der Waals surface area contributed by atoms with Crippen molar-refractivity contribution in [3.63, 3.8) is 0 Å². The van der Waals surface area contributed by atoms with Crippen LogP contribution in [0.4, 0.5) is 5.69 Å². The summed E-state index contributed by atoms with van der Waals surface area (Å²) >= 11 is 6.79. The van der Waals surface area contributed by atoms with Crippen molar-refractivity contribution in [2.45, 2.75) is 6.92 Å². The standard InChI is InChI=1S/C17H18ClN3O5S/c1-4-26-12(22)9-27-14(19-11-7-5-10(18)6-8-11)13-15(23)20(2)17(25)21(3)16(13)24/h5-8,23H,4,9H2,1-3H3. The molecular weight excluding hydrogens is 394 g/mol. The number of aliphatic imine (C=N–C) groups is 1. The van der Waals surface area contributed by atoms with Crippen molar-refractivity contribution in [1.29, 1.82) is 0 Å². The number of rotatable bonds is 5. The fourth-order valence-corrected chi connectivity index (χ4v) is 3.10. The highest BCUT2D eigenvalue weighted by atomic mass is 35.5. The molecule has 1 heterocycles. The van der Waals surface area contributed by atoms with Crippen molar-refractivity contribution >= 4 is 40.1 Å². The monoisotopic (exact) mass is 411 g/mol. The van der Waals surface area contributed by atoms with Gasteiger partial charge >= 0.3 is 11.7 Å². The highest BCUT2D eigenvalue weighted by Crippen LogP contribution is 2.24. The first kappa shape index (κ1) is 20.8. The molecule has 1 aromatic heterocycles. The average Bonchev–Trinajstić information content (AvgIpc) is 2.64. The number of nitrogens with zero attached hydrogens (tertiary/aromatic N) is 3. The number of carbonyl (C=O) groups excluding carboxylic acids is 1. The summed E-state index contributed by atoms with van der Waals surface area (Å²) < 4.78 is 6.68. The molecule has 0 aliphatic rings. The van der Waals surface area contributed by atoms with Gasteiger partial charge < -0.3 is 9.84 Å². The van der Waals surface area contributed by atoms with Crippen LogP contribution in [-0.4, -0.2) is 37.6 Å². The number of hydrogen-bond donors (Lipinski definition) is 1. The van der Waals surface area contributed by atoms with Gasteiger partial charge in [-0.2, -0.15) is 0 Å². The van der Waals surface area contributed by atoms with Crippen molar-refractivity contribution in [1.82, 2.24) is 9.13 Å². The third-order valence-electron chi connectivity index (χ3n) is 3.54. The molecule has 27 heavy (non-hydrogen) atoms. The maximum atomic E-state index is 12.6. The Hall–Kier alpha value is -2.52. The van der Waals surface area contributed by atoms with Gasteiger partial charge in [-0.25, -0.2) is 9.79 Å². The van der Waals surface area contributed by atoms with Crippen LogP contribution >= 0.6 is 23.4 Å². The molecule has 0 atom stereocenters. The largest absolute Gasteiger partial charge is 0.494 e. The molecule has 0 saturated heterocycles. The first-order valence-electron chi connectivity index (χ1n) is 7.88. The lowest BCUT2D eigenvalue weighted by Gasteiger charge is -2.12. The van der Waals surface area contributed by atoms with E-state index in [1.54, 1.807) is 31.2 Å². The minimum absolute atomic E-state index is 0.0825. The van der Waals surface area contributed by atoms with E-state index in [1.807, 2.05) is 0 Å². The number of esters is 1. The summed E-state index contributed by atoms with van der Waals surface area (Å²) in [5, 5.41) is 11.0. The van der Waals surface area contributed by atoms with Gasteiger partial charge in [-0.3, -0.25) is 18.7 Å². The fraction of sp³-hybridized carbons (Fsp3) is 0.294. The van der Waals surface area contributed by atoms with Crippen LogP contribution < -0.4 is 11.2 Å². The normalized spacial score (nSPS) is 11.5. The van der Waals surface area contributed by atoms with Crippen LogP contribution in [0.5, 0.6) is 5.88 Å². The zero-order valence-electron chi connectivity index (χ0n) is 14.9. The number of hydrogen-bond acceptors (Lipinski definition) is 7. The molecule has 0 unspecified atom stereocenters. The molecule has 2 aromatic rings. The van der Waals surface area contributed by atoms with Crippen molar-refractivity contribution in [3.8, 4) is 5.88 Å². The van der Waals surface area contributed by atoms with Crippen LogP contribution in [0.15, 0.2) is 38.8 Å². The van der Waals surface area contributed by atoms with Gasteiger partial charge in [0.15, 0.2) is 0 Å². The Balaban J connectivity index is 2.59. The lowest BCUT2D eigenvalue weighted by Crippen LogP contribution is -2.39. The maximum absolute atomic E-state index is 12.6. The molecular formula is C17H18ClN3O5S. The number of aromatic nitrogens is 2. The zero-order chi connectivity index (χ0) is 20.1. The van der Waals surface area contributed by atoms with Gasteiger partial charge in [-0.05, 0) is 31.2 Å². The maximum Gasteiger partial charge on any atom is 0.333 e. The molecule has 8 nitrogen and oxygen atoms in total. The van der Waals surface area contributed by atoms with Gasteiger partial charge in [0.1, 0.15) is 10.6 Å². The molecule has 1 aromatic carbocycles. The van der Waals surface area contributed by atoms with Gasteiger partial charge in [-0.1, -0.05) is 23.4 Å². The van der Waals surface area contributed by atoms with E-state index in [0.717, 1.165) is 20.9 Å². The molecule has 0 radical (unpaired) electrons. The molecule has 0 fully saturated rings. The second-order valence-electron chi connectivity index (χ2n) is 5.39. The van der Waals surface area contributed by atoms with Crippen molar-refractivity contribution in [3.05, 3.63) is 55.7 Å². The number of ether oxygens (including phenoxy) is 1. The molecule has 0 saturated carbocycles. The molecule has 0 aliphatic heterocycles. The van der Waals surface area contributed by atoms with Gasteiger partial charge in [0.05, 0.1) is 18.0 Å². The van der Waals surface area contributed by atoms with Crippen molar-refractivity contribution in [2.75, 3.05) is 12.4 Å². The van der Waals surface area contributed by atoms with E-state index in [4.69, 9.17) is 16.3 Å². The van der Waals surface area contributed by atoms with E-state index in [9.17, 15) is 19.5 Å². The zero-order valence-corrected chi connectivity index (χ0v) is 16.5. The lowest BCUT2D eigenvalue weighted by atomic mass is 10.3. The Labute approximate surface area is 164 Å². The topological polar surface area (TPSA) is 103 Å². The Morgan fingerprint density at radius 2 is 1.85 bits per heavy atom. The van der Waals surface area contributed by atoms with E-state index in [0.29, 0.717) is 10.7 Å². The van der Waals surface area contributed by atoms with E-state index < -0.39 is 23.1 Å². The van der Waals surface area contributed by atoms with Crippen molar-refractivity contribution in [2.24, 2.45) is 19.1 Å². The minimum Gasteiger partial charge on any atom is -0.494 e. The molecule has 144 valence electrons. The summed E-state index contributed by atoms with van der Waals surface area (Å²) in [6.07, 6.45) is 0. The van der Waals surface area contributed by atoms with E-state index in [1.165, 1.54) is 14.1 Å². The molecule has 0 amide bonds. The van der Waals surface area contributed by atoms with Crippen LogP contribution in [0, 0.1) is 0 Å². The Morgan fingerprint density at radius 3 is 2.44 bits per heavy atom. The van der Waals surface area contributed by atoms with Crippen LogP contribution in [-0.2, 0) is 23.6 Å². The lowest BCUT2D eigenvalue weighted by molar-refractivity contribution is -0.139. The fourth-order valence-electron chi connectivity index (χ4n) is 2.14. The third kappa shape index (κ3) is 4.81. The number of halogens is 1. The molecule has 1 N–H and O–H groups in total. The molecule has 0 spiro atoms. The predicted molar refractivity (Wildman–Crippen MR) is 105 cm³/mol. The number of benzene rings is 1. The van der Waals surface area contributed by atoms with E-state index in [2.05, 4.69) is 4.99 Å². The minimum atomic E-state index is -0.723. The molecule has 0 aliphatic carbocycles. The Bertz CT molecular complexity index is 995. The Kier molecular flexibility index (Phi) is 6.86. The van der Waals surface area contributed by atoms with Gasteiger partial charge in [0, 0.05) is 19.1 Å². The molecule has 2 rings (SSSR count). The molecule has 10 heteroatoms. The average molecular weight is 412 g/mol. The SMILES string of the molecule is CCOC(=O)CSC(=Nc1ccc(Cl)cc1)c1c(O)n(C)c(=O)n(C)c1=O. The Morgan fingerprint density at radius 1 is 1.22 bits per heavy atom. The summed E-state index contributed by atoms with van der Waals surface area (Å²) in [4.78, 5) is 40.6. The first-order chi connectivity index (χ1) is 12.8. The predicted octanol–water partition coefficient (Wildman–Crippen LogP) is 1.82. The van der Waals surface area contributed by atoms with Crippen LogP contribution in [0.2, 0.25) is 5.02 Å². The van der Waals surface area contributed by atoms with Gasteiger partial charge in [0.2, 0.25) is 5.88 Å². The van der Waals surface area contributed by atoms with Gasteiger partial charge in [0.25, 0.3) is 5.56 Å². The van der Waals surface area contributed by atoms with Crippen LogP contribution in [0.25, 0.3) is 0 Å². The van der Waals surface area contributed by atoms with Crippen molar-refractivity contribution < 1.29 is 14.6 Å². The summed E-state index contributed by atoms with van der Waals surface area (Å²) in [6.45, 7) is 1.90. The van der Waals surface area contributed by atoms with E-state index >= 15 is 0 Å². The molecule has 0 bridgehead atoms. The number of aromatic hydroxyl groups is 1. The van der Waals surface area contributed by atoms with Gasteiger partial charge in [-0.15, -0.1) is 0 Å². The second kappa shape index (κ2) is 8.92. The smallest absolute Gasteiger partial charge is 0.333 e. The summed E-state index contributed by atoms with van der Waals surface area (Å²) in [7, 11) is 2.63. The number of thioether (sulfide) groups is 1. The summed E-state index contributed by atoms with van der Waals surface area (Å²) in [5.74, 6) is -1.15. The third-order valence-corrected chi connectivity index (χ3v) is 4.74. The quantitative estimate of drug-likeness (QED) is 0.457. The highest BCUT2D eigenvalue weighted by Gasteiger charge is 2.22.